The fraction of sp³-hybridized carbons (Fsp3) is 0.500. The monoisotopic (exact) mass is 164 g/mol. The summed E-state index contributed by atoms with van der Waals surface area (Å²) < 4.78 is 0. The van der Waals surface area contributed by atoms with Crippen LogP contribution in [0.5, 0.6) is 0 Å². The fourth-order valence-corrected chi connectivity index (χ4v) is 0.852. The number of aromatic nitrogens is 2. The highest BCUT2D eigenvalue weighted by Crippen LogP contribution is 1.92. The summed E-state index contributed by atoms with van der Waals surface area (Å²) in [5.41, 5.74) is 1.04. The molecule has 0 bridgehead atoms. The third-order valence-corrected chi connectivity index (χ3v) is 1.54. The van der Waals surface area contributed by atoms with Gasteiger partial charge in [-0.05, 0) is 13.0 Å². The van der Waals surface area contributed by atoms with Gasteiger partial charge in [-0.1, -0.05) is 0 Å². The van der Waals surface area contributed by atoms with Crippen molar-refractivity contribution in [2.45, 2.75) is 13.5 Å². The smallest absolute Gasteiger partial charge is 0.0666 e. The van der Waals surface area contributed by atoms with Crippen LogP contribution >= 0.6 is 0 Å². The summed E-state index contributed by atoms with van der Waals surface area (Å²) in [6.45, 7) is 3.35. The fourth-order valence-electron chi connectivity index (χ4n) is 0.852. The molecular weight excluding hydrogens is 152 g/mol. The first-order valence-corrected chi connectivity index (χ1v) is 3.91. The van der Waals surface area contributed by atoms with E-state index in [2.05, 4.69) is 21.6 Å². The molecule has 0 aliphatic rings. The maximum Gasteiger partial charge on any atom is 0.0666 e. The molecule has 12 heavy (non-hydrogen) atoms. The molecule has 0 aromatic carbocycles. The molecule has 1 rings (SSSR count). The van der Waals surface area contributed by atoms with Crippen molar-refractivity contribution >= 4 is 0 Å². The molecule has 4 nitrogen and oxygen atoms in total. The van der Waals surface area contributed by atoms with Crippen LogP contribution in [0.2, 0.25) is 0 Å². The topological polar surface area (TPSA) is 64.5 Å². The molecule has 2 N–H and O–H groups in total. The molecule has 1 aromatic heterocycles. The Kier molecular flexibility index (Phi) is 3.30. The van der Waals surface area contributed by atoms with Gasteiger partial charge < -0.3 is 5.32 Å². The number of aromatic amines is 1. The van der Waals surface area contributed by atoms with Crippen LogP contribution in [-0.2, 0) is 6.54 Å². The molecule has 0 spiro atoms. The van der Waals surface area contributed by atoms with E-state index in [9.17, 15) is 0 Å². The molecular formula is C8H12N4. The lowest BCUT2D eigenvalue weighted by Crippen LogP contribution is -2.19. The van der Waals surface area contributed by atoms with Gasteiger partial charge in [0.1, 0.15) is 0 Å². The third kappa shape index (κ3) is 2.72. The van der Waals surface area contributed by atoms with Gasteiger partial charge in [-0.15, -0.1) is 0 Å². The lowest BCUT2D eigenvalue weighted by atomic mass is 10.2. The maximum atomic E-state index is 8.48. The van der Waals surface area contributed by atoms with E-state index in [0.29, 0.717) is 0 Å². The van der Waals surface area contributed by atoms with E-state index in [-0.39, 0.29) is 5.92 Å². The highest BCUT2D eigenvalue weighted by atomic mass is 15.1. The van der Waals surface area contributed by atoms with E-state index in [0.717, 1.165) is 18.8 Å². The van der Waals surface area contributed by atoms with Crippen LogP contribution in [0.15, 0.2) is 12.3 Å². The van der Waals surface area contributed by atoms with E-state index < -0.39 is 0 Å². The molecule has 0 saturated heterocycles. The first kappa shape index (κ1) is 8.75. The van der Waals surface area contributed by atoms with Crippen LogP contribution in [0.25, 0.3) is 0 Å². The number of hydrogen-bond acceptors (Lipinski definition) is 3. The minimum absolute atomic E-state index is 0.0629. The van der Waals surface area contributed by atoms with Crippen LogP contribution in [0.3, 0.4) is 0 Å². The van der Waals surface area contributed by atoms with Crippen molar-refractivity contribution in [2.24, 2.45) is 5.92 Å². The number of H-pyrrole nitrogens is 1. The Bertz CT molecular complexity index is 247. The number of nitriles is 1. The third-order valence-electron chi connectivity index (χ3n) is 1.54. The summed E-state index contributed by atoms with van der Waals surface area (Å²) in [6, 6.07) is 4.06. The summed E-state index contributed by atoms with van der Waals surface area (Å²) in [4.78, 5) is 0. The quantitative estimate of drug-likeness (QED) is 0.687. The highest BCUT2D eigenvalue weighted by molar-refractivity contribution is 4.96. The van der Waals surface area contributed by atoms with E-state index in [1.54, 1.807) is 6.20 Å². The van der Waals surface area contributed by atoms with E-state index in [4.69, 9.17) is 5.26 Å². The number of rotatable bonds is 4. The summed E-state index contributed by atoms with van der Waals surface area (Å²) in [6.07, 6.45) is 1.71. The zero-order valence-corrected chi connectivity index (χ0v) is 7.04. The second kappa shape index (κ2) is 4.52. The van der Waals surface area contributed by atoms with Gasteiger partial charge in [0.05, 0.1) is 12.0 Å². The van der Waals surface area contributed by atoms with E-state index in [1.165, 1.54) is 0 Å². The van der Waals surface area contributed by atoms with Gasteiger partial charge in [-0.2, -0.15) is 10.4 Å². The normalized spacial score (nSPS) is 12.3. The Morgan fingerprint density at radius 1 is 1.83 bits per heavy atom. The Balaban J connectivity index is 2.16. The van der Waals surface area contributed by atoms with Crippen LogP contribution in [0.1, 0.15) is 12.6 Å². The molecule has 0 amide bonds. The molecule has 0 aliphatic heterocycles. The number of nitrogens with zero attached hydrogens (tertiary/aromatic N) is 2. The molecule has 1 unspecified atom stereocenters. The van der Waals surface area contributed by atoms with Crippen LogP contribution in [0.4, 0.5) is 0 Å². The van der Waals surface area contributed by atoms with Crippen molar-refractivity contribution < 1.29 is 0 Å². The van der Waals surface area contributed by atoms with Gasteiger partial charge in [-0.25, -0.2) is 0 Å². The number of nitrogens with one attached hydrogen (secondary N) is 2. The molecule has 1 heterocycles. The largest absolute Gasteiger partial charge is 0.310 e. The van der Waals surface area contributed by atoms with Gasteiger partial charge in [0.2, 0.25) is 0 Å². The molecule has 1 atom stereocenters. The summed E-state index contributed by atoms with van der Waals surface area (Å²) in [5, 5.41) is 18.3. The van der Waals surface area contributed by atoms with Crippen molar-refractivity contribution in [1.82, 2.24) is 15.5 Å². The standard InChI is InChI=1S/C8H12N4/c1-7(4-9)5-10-6-8-2-3-11-12-8/h2-3,7,10H,5-6H2,1H3,(H,11,12). The van der Waals surface area contributed by atoms with Crippen molar-refractivity contribution in [2.75, 3.05) is 6.54 Å². The average molecular weight is 164 g/mol. The molecule has 4 heteroatoms. The molecule has 0 saturated carbocycles. The first-order valence-electron chi connectivity index (χ1n) is 3.91. The summed E-state index contributed by atoms with van der Waals surface area (Å²) in [5.74, 6) is 0.0629. The van der Waals surface area contributed by atoms with Gasteiger partial charge in [0.15, 0.2) is 0 Å². The summed E-state index contributed by atoms with van der Waals surface area (Å²) in [7, 11) is 0. The molecule has 0 radical (unpaired) electrons. The Morgan fingerprint density at radius 3 is 3.25 bits per heavy atom. The molecule has 1 aromatic rings. The van der Waals surface area contributed by atoms with Crippen molar-refractivity contribution in [3.8, 4) is 6.07 Å². The van der Waals surface area contributed by atoms with Crippen molar-refractivity contribution in [1.29, 1.82) is 5.26 Å². The Hall–Kier alpha value is -1.34. The number of hydrogen-bond donors (Lipinski definition) is 2. The highest BCUT2D eigenvalue weighted by Gasteiger charge is 1.98. The Morgan fingerprint density at radius 2 is 2.67 bits per heavy atom. The van der Waals surface area contributed by atoms with Crippen molar-refractivity contribution in [3.63, 3.8) is 0 Å². The maximum absolute atomic E-state index is 8.48. The predicted octanol–water partition coefficient (Wildman–Crippen LogP) is 0.659. The molecule has 0 aliphatic carbocycles. The van der Waals surface area contributed by atoms with Gasteiger partial charge in [0, 0.05) is 25.0 Å². The minimum Gasteiger partial charge on any atom is -0.310 e. The second-order valence-electron chi connectivity index (χ2n) is 2.74. The lowest BCUT2D eigenvalue weighted by Gasteiger charge is -2.02. The van der Waals surface area contributed by atoms with Crippen LogP contribution < -0.4 is 5.32 Å². The average Bonchev–Trinajstić information content (AvgIpc) is 2.57. The van der Waals surface area contributed by atoms with E-state index in [1.807, 2.05) is 13.0 Å². The second-order valence-corrected chi connectivity index (χ2v) is 2.74. The predicted molar refractivity (Wildman–Crippen MR) is 45.1 cm³/mol. The minimum atomic E-state index is 0.0629. The van der Waals surface area contributed by atoms with Gasteiger partial charge >= 0.3 is 0 Å². The zero-order chi connectivity index (χ0) is 8.81. The van der Waals surface area contributed by atoms with E-state index >= 15 is 0 Å². The van der Waals surface area contributed by atoms with Gasteiger partial charge in [-0.3, -0.25) is 5.10 Å². The lowest BCUT2D eigenvalue weighted by molar-refractivity contribution is 0.594. The molecule has 64 valence electrons. The van der Waals surface area contributed by atoms with Gasteiger partial charge in [0.25, 0.3) is 0 Å². The van der Waals surface area contributed by atoms with Crippen LogP contribution in [0, 0.1) is 17.2 Å². The van der Waals surface area contributed by atoms with Crippen molar-refractivity contribution in [3.05, 3.63) is 18.0 Å². The van der Waals surface area contributed by atoms with Crippen LogP contribution in [-0.4, -0.2) is 16.7 Å². The zero-order valence-electron chi connectivity index (χ0n) is 7.04. The SMILES string of the molecule is CC(C#N)CNCc1ccn[nH]1. The summed E-state index contributed by atoms with van der Waals surface area (Å²) >= 11 is 0. The molecule has 0 fully saturated rings. The Labute approximate surface area is 71.6 Å². The first-order chi connectivity index (χ1) is 5.83.